The van der Waals surface area contributed by atoms with Crippen LogP contribution in [-0.4, -0.2) is 27.1 Å². The molecule has 2 aromatic carbocycles. The summed E-state index contributed by atoms with van der Waals surface area (Å²) in [4.78, 5) is 36.9. The molecular formula is C21H24N4O4. The standard InChI is InChI=1S/C21H24N4O4/c1-13-8-7-11-18(14(13)2)29-15(3)20(27)23-22-19(26)12-25-17-10-6-5-9-16(17)24(4)21(25)28/h5-11,15H,12H2,1-4H3,(H,22,26)(H,23,27). The van der Waals surface area contributed by atoms with Gasteiger partial charge >= 0.3 is 5.69 Å². The highest BCUT2D eigenvalue weighted by Gasteiger charge is 2.18. The van der Waals surface area contributed by atoms with Crippen LogP contribution in [0, 0.1) is 13.8 Å². The summed E-state index contributed by atoms with van der Waals surface area (Å²) in [6, 6.07) is 12.8. The van der Waals surface area contributed by atoms with Gasteiger partial charge in [0.05, 0.1) is 11.0 Å². The molecule has 0 aliphatic heterocycles. The molecule has 1 atom stereocenters. The van der Waals surface area contributed by atoms with E-state index in [1.165, 1.54) is 9.13 Å². The molecule has 152 valence electrons. The van der Waals surface area contributed by atoms with Crippen LogP contribution in [0.2, 0.25) is 0 Å². The SMILES string of the molecule is Cc1cccc(OC(C)C(=O)NNC(=O)Cn2c(=O)n(C)c3ccccc32)c1C. The molecule has 0 radical (unpaired) electrons. The highest BCUT2D eigenvalue weighted by molar-refractivity contribution is 5.85. The number of aromatic nitrogens is 2. The zero-order valence-corrected chi connectivity index (χ0v) is 16.9. The molecule has 2 N–H and O–H groups in total. The van der Waals surface area contributed by atoms with Gasteiger partial charge in [0.1, 0.15) is 12.3 Å². The molecule has 1 heterocycles. The van der Waals surface area contributed by atoms with Crippen LogP contribution >= 0.6 is 0 Å². The van der Waals surface area contributed by atoms with E-state index in [0.29, 0.717) is 11.3 Å². The quantitative estimate of drug-likeness (QED) is 0.640. The van der Waals surface area contributed by atoms with Crippen LogP contribution < -0.4 is 21.3 Å². The first kappa shape index (κ1) is 20.2. The number of carbonyl (C=O) groups excluding carboxylic acids is 2. The van der Waals surface area contributed by atoms with Gasteiger partial charge in [-0.2, -0.15) is 0 Å². The fraction of sp³-hybridized carbons (Fsp3) is 0.286. The third kappa shape index (κ3) is 4.16. The Morgan fingerprint density at radius 3 is 2.45 bits per heavy atom. The number of carbonyl (C=O) groups is 2. The van der Waals surface area contributed by atoms with Gasteiger partial charge in [0.15, 0.2) is 6.10 Å². The Morgan fingerprint density at radius 2 is 1.72 bits per heavy atom. The smallest absolute Gasteiger partial charge is 0.329 e. The van der Waals surface area contributed by atoms with Crippen molar-refractivity contribution in [2.75, 3.05) is 0 Å². The maximum absolute atomic E-state index is 12.4. The minimum absolute atomic E-state index is 0.216. The summed E-state index contributed by atoms with van der Waals surface area (Å²) >= 11 is 0. The number of imidazole rings is 1. The molecule has 0 fully saturated rings. The highest BCUT2D eigenvalue weighted by Crippen LogP contribution is 2.21. The fourth-order valence-electron chi connectivity index (χ4n) is 3.03. The van der Waals surface area contributed by atoms with Gasteiger partial charge < -0.3 is 4.74 Å². The van der Waals surface area contributed by atoms with Gasteiger partial charge in [-0.25, -0.2) is 4.79 Å². The summed E-state index contributed by atoms with van der Waals surface area (Å²) in [5.74, 6) is -0.401. The summed E-state index contributed by atoms with van der Waals surface area (Å²) in [6.07, 6.45) is -0.809. The van der Waals surface area contributed by atoms with E-state index in [0.717, 1.165) is 16.6 Å². The molecule has 0 saturated carbocycles. The van der Waals surface area contributed by atoms with Crippen LogP contribution in [-0.2, 0) is 23.2 Å². The van der Waals surface area contributed by atoms with E-state index in [-0.39, 0.29) is 12.2 Å². The van der Waals surface area contributed by atoms with Crippen molar-refractivity contribution in [1.82, 2.24) is 20.0 Å². The molecule has 29 heavy (non-hydrogen) atoms. The number of fused-ring (bicyclic) bond motifs is 1. The number of ether oxygens (including phenoxy) is 1. The monoisotopic (exact) mass is 396 g/mol. The molecule has 0 aliphatic carbocycles. The van der Waals surface area contributed by atoms with E-state index in [9.17, 15) is 14.4 Å². The van der Waals surface area contributed by atoms with E-state index in [1.807, 2.05) is 32.0 Å². The lowest BCUT2D eigenvalue weighted by molar-refractivity contribution is -0.133. The van der Waals surface area contributed by atoms with Crippen LogP contribution in [0.4, 0.5) is 0 Å². The number of nitrogens with one attached hydrogen (secondary N) is 2. The lowest BCUT2D eigenvalue weighted by atomic mass is 10.1. The minimum atomic E-state index is -0.809. The summed E-state index contributed by atoms with van der Waals surface area (Å²) in [5, 5.41) is 0. The van der Waals surface area contributed by atoms with E-state index in [1.54, 1.807) is 38.2 Å². The molecular weight excluding hydrogens is 372 g/mol. The van der Waals surface area contributed by atoms with Crippen molar-refractivity contribution >= 4 is 22.8 Å². The largest absolute Gasteiger partial charge is 0.481 e. The summed E-state index contributed by atoms with van der Waals surface area (Å²) in [6.45, 7) is 5.26. The van der Waals surface area contributed by atoms with Crippen molar-refractivity contribution in [3.05, 3.63) is 64.1 Å². The van der Waals surface area contributed by atoms with Gasteiger partial charge in [-0.1, -0.05) is 24.3 Å². The molecule has 0 bridgehead atoms. The normalized spacial score (nSPS) is 11.9. The van der Waals surface area contributed by atoms with E-state index >= 15 is 0 Å². The third-order valence-electron chi connectivity index (χ3n) is 4.91. The van der Waals surface area contributed by atoms with Crippen LogP contribution in [0.25, 0.3) is 11.0 Å². The Morgan fingerprint density at radius 1 is 1.03 bits per heavy atom. The zero-order valence-electron chi connectivity index (χ0n) is 16.9. The van der Waals surface area contributed by atoms with Crippen molar-refractivity contribution in [2.24, 2.45) is 7.05 Å². The predicted octanol–water partition coefficient (Wildman–Crippen LogP) is 1.57. The van der Waals surface area contributed by atoms with Crippen molar-refractivity contribution in [2.45, 2.75) is 33.4 Å². The zero-order chi connectivity index (χ0) is 21.1. The number of hydrazine groups is 1. The van der Waals surface area contributed by atoms with E-state index in [2.05, 4.69) is 10.9 Å². The highest BCUT2D eigenvalue weighted by atomic mass is 16.5. The molecule has 0 saturated heterocycles. The van der Waals surface area contributed by atoms with Crippen LogP contribution in [0.1, 0.15) is 18.1 Å². The van der Waals surface area contributed by atoms with Gasteiger partial charge in [-0.15, -0.1) is 0 Å². The lowest BCUT2D eigenvalue weighted by Gasteiger charge is -2.17. The minimum Gasteiger partial charge on any atom is -0.481 e. The molecule has 1 aromatic heterocycles. The number of aryl methyl sites for hydroxylation is 2. The Labute approximate surface area is 168 Å². The average Bonchev–Trinajstić information content (AvgIpc) is 2.94. The molecule has 8 nitrogen and oxygen atoms in total. The maximum atomic E-state index is 12.4. The molecule has 3 rings (SSSR count). The van der Waals surface area contributed by atoms with Gasteiger partial charge in [-0.05, 0) is 50.1 Å². The number of benzene rings is 2. The first-order valence-corrected chi connectivity index (χ1v) is 9.25. The van der Waals surface area contributed by atoms with Crippen molar-refractivity contribution in [3.63, 3.8) is 0 Å². The second-order valence-corrected chi connectivity index (χ2v) is 6.91. The van der Waals surface area contributed by atoms with Gasteiger partial charge in [0, 0.05) is 7.05 Å². The van der Waals surface area contributed by atoms with Crippen LogP contribution in [0.3, 0.4) is 0 Å². The molecule has 2 amide bonds. The van der Waals surface area contributed by atoms with Gasteiger partial charge in [0.25, 0.3) is 11.8 Å². The van der Waals surface area contributed by atoms with E-state index < -0.39 is 17.9 Å². The number of amides is 2. The summed E-state index contributed by atoms with van der Waals surface area (Å²) in [5.41, 5.74) is 7.76. The third-order valence-corrected chi connectivity index (χ3v) is 4.91. The Bertz CT molecular complexity index is 1130. The molecule has 0 spiro atoms. The predicted molar refractivity (Wildman–Crippen MR) is 109 cm³/mol. The second-order valence-electron chi connectivity index (χ2n) is 6.91. The van der Waals surface area contributed by atoms with Crippen LogP contribution in [0.15, 0.2) is 47.3 Å². The Balaban J connectivity index is 1.61. The van der Waals surface area contributed by atoms with Gasteiger partial charge in [0.2, 0.25) is 0 Å². The van der Waals surface area contributed by atoms with Crippen LogP contribution in [0.5, 0.6) is 5.75 Å². The number of rotatable bonds is 5. The number of nitrogens with zero attached hydrogens (tertiary/aromatic N) is 2. The summed E-state index contributed by atoms with van der Waals surface area (Å²) < 4.78 is 8.52. The molecule has 3 aromatic rings. The van der Waals surface area contributed by atoms with Crippen molar-refractivity contribution < 1.29 is 14.3 Å². The number of hydrogen-bond donors (Lipinski definition) is 2. The maximum Gasteiger partial charge on any atom is 0.329 e. The van der Waals surface area contributed by atoms with E-state index in [4.69, 9.17) is 4.74 Å². The van der Waals surface area contributed by atoms with Crippen molar-refractivity contribution in [3.8, 4) is 5.75 Å². The topological polar surface area (TPSA) is 94.4 Å². The number of hydrogen-bond acceptors (Lipinski definition) is 4. The lowest BCUT2D eigenvalue weighted by Crippen LogP contribution is -2.48. The summed E-state index contributed by atoms with van der Waals surface area (Å²) in [7, 11) is 1.65. The molecule has 8 heteroatoms. The average molecular weight is 396 g/mol. The molecule has 1 unspecified atom stereocenters. The Kier molecular flexibility index (Phi) is 5.72. The number of para-hydroxylation sites is 2. The first-order valence-electron chi connectivity index (χ1n) is 9.25. The second kappa shape index (κ2) is 8.22. The Hall–Kier alpha value is -3.55. The molecule has 0 aliphatic rings. The first-order chi connectivity index (χ1) is 13.8. The van der Waals surface area contributed by atoms with Gasteiger partial charge in [-0.3, -0.25) is 29.6 Å². The fourth-order valence-corrected chi connectivity index (χ4v) is 3.03. The van der Waals surface area contributed by atoms with Crippen molar-refractivity contribution in [1.29, 1.82) is 0 Å².